The van der Waals surface area contributed by atoms with Crippen LogP contribution in [0.4, 0.5) is 0 Å². The molecule has 25 heavy (non-hydrogen) atoms. The van der Waals surface area contributed by atoms with Crippen molar-refractivity contribution in [3.8, 4) is 0 Å². The standard InChI is InChI=1S/C16H15ClN4O3S/c17-12-3-1-2-11(6-12)8-20-10-18-15-14(16(20)22)7-19-21(15)13-4-5-25(23,24)9-13/h1-3,6-7,10,13H,4-5,8-9H2. The average molecular weight is 379 g/mol. The quantitative estimate of drug-likeness (QED) is 0.691. The van der Waals surface area contributed by atoms with Crippen LogP contribution in [0.25, 0.3) is 11.0 Å². The van der Waals surface area contributed by atoms with Gasteiger partial charge < -0.3 is 0 Å². The summed E-state index contributed by atoms with van der Waals surface area (Å²) in [7, 11) is -3.04. The fraction of sp³-hybridized carbons (Fsp3) is 0.312. The fourth-order valence-electron chi connectivity index (χ4n) is 3.15. The van der Waals surface area contributed by atoms with Gasteiger partial charge in [-0.05, 0) is 24.1 Å². The van der Waals surface area contributed by atoms with Crippen LogP contribution in [0.2, 0.25) is 5.02 Å². The number of fused-ring (bicyclic) bond motifs is 1. The minimum absolute atomic E-state index is 0.0387. The highest BCUT2D eigenvalue weighted by atomic mass is 35.5. The Labute approximate surface area is 148 Å². The molecule has 1 saturated heterocycles. The molecule has 1 fully saturated rings. The molecule has 1 aliphatic rings. The van der Waals surface area contributed by atoms with Crippen LogP contribution in [-0.4, -0.2) is 39.3 Å². The Hall–Kier alpha value is -2.19. The fourth-order valence-corrected chi connectivity index (χ4v) is 5.05. The highest BCUT2D eigenvalue weighted by Gasteiger charge is 2.31. The van der Waals surface area contributed by atoms with Crippen molar-refractivity contribution in [3.63, 3.8) is 0 Å². The van der Waals surface area contributed by atoms with Gasteiger partial charge in [-0.1, -0.05) is 23.7 Å². The predicted octanol–water partition coefficient (Wildman–Crippen LogP) is 1.65. The van der Waals surface area contributed by atoms with Crippen LogP contribution in [0.3, 0.4) is 0 Å². The third-order valence-corrected chi connectivity index (χ3v) is 6.36. The SMILES string of the molecule is O=c1c2cnn(C3CCS(=O)(=O)C3)c2ncn1Cc1cccc(Cl)c1. The van der Waals surface area contributed by atoms with E-state index in [4.69, 9.17) is 11.6 Å². The predicted molar refractivity (Wildman–Crippen MR) is 94.6 cm³/mol. The monoisotopic (exact) mass is 378 g/mol. The maximum absolute atomic E-state index is 12.7. The van der Waals surface area contributed by atoms with E-state index >= 15 is 0 Å². The average Bonchev–Trinajstić information content (AvgIpc) is 3.13. The summed E-state index contributed by atoms with van der Waals surface area (Å²) < 4.78 is 26.4. The maximum Gasteiger partial charge on any atom is 0.264 e. The van der Waals surface area contributed by atoms with Gasteiger partial charge in [0.25, 0.3) is 5.56 Å². The first-order valence-electron chi connectivity index (χ1n) is 7.80. The number of sulfone groups is 1. The Bertz CT molecular complexity index is 1120. The van der Waals surface area contributed by atoms with Crippen molar-refractivity contribution in [2.45, 2.75) is 19.0 Å². The molecule has 1 aromatic carbocycles. The Morgan fingerprint density at radius 1 is 1.32 bits per heavy atom. The van der Waals surface area contributed by atoms with Crippen LogP contribution >= 0.6 is 11.6 Å². The molecule has 0 aliphatic carbocycles. The van der Waals surface area contributed by atoms with Gasteiger partial charge >= 0.3 is 0 Å². The lowest BCUT2D eigenvalue weighted by Crippen LogP contribution is -2.21. The molecule has 3 heterocycles. The highest BCUT2D eigenvalue weighted by molar-refractivity contribution is 7.91. The molecule has 4 rings (SSSR count). The Balaban J connectivity index is 1.71. The molecule has 7 nitrogen and oxygen atoms in total. The van der Waals surface area contributed by atoms with Crippen molar-refractivity contribution in [2.24, 2.45) is 0 Å². The van der Waals surface area contributed by atoms with Crippen LogP contribution in [0, 0.1) is 0 Å². The largest absolute Gasteiger partial charge is 0.294 e. The van der Waals surface area contributed by atoms with Crippen LogP contribution in [0.5, 0.6) is 0 Å². The third-order valence-electron chi connectivity index (χ3n) is 4.38. The molecule has 0 radical (unpaired) electrons. The number of hydrogen-bond donors (Lipinski definition) is 0. The summed E-state index contributed by atoms with van der Waals surface area (Å²) in [5.74, 6) is 0.182. The van der Waals surface area contributed by atoms with Crippen molar-refractivity contribution in [1.29, 1.82) is 0 Å². The zero-order valence-corrected chi connectivity index (χ0v) is 14.7. The van der Waals surface area contributed by atoms with E-state index in [-0.39, 0.29) is 23.1 Å². The summed E-state index contributed by atoms with van der Waals surface area (Å²) in [5, 5.41) is 5.21. The topological polar surface area (TPSA) is 86.8 Å². The molecule has 0 saturated carbocycles. The van der Waals surface area contributed by atoms with E-state index in [1.807, 2.05) is 12.1 Å². The van der Waals surface area contributed by atoms with Crippen molar-refractivity contribution >= 4 is 32.5 Å². The molecule has 1 atom stereocenters. The van der Waals surface area contributed by atoms with E-state index in [0.29, 0.717) is 29.0 Å². The second-order valence-corrected chi connectivity index (χ2v) is 8.86. The smallest absolute Gasteiger partial charge is 0.264 e. The minimum atomic E-state index is -3.04. The summed E-state index contributed by atoms with van der Waals surface area (Å²) in [6.07, 6.45) is 3.42. The van der Waals surface area contributed by atoms with Crippen LogP contribution < -0.4 is 5.56 Å². The van der Waals surface area contributed by atoms with Gasteiger partial charge in [-0.2, -0.15) is 5.10 Å². The van der Waals surface area contributed by atoms with Gasteiger partial charge in [-0.25, -0.2) is 18.1 Å². The molecule has 9 heteroatoms. The number of nitrogens with zero attached hydrogens (tertiary/aromatic N) is 4. The van der Waals surface area contributed by atoms with E-state index in [2.05, 4.69) is 10.1 Å². The second-order valence-electron chi connectivity index (χ2n) is 6.19. The van der Waals surface area contributed by atoms with Gasteiger partial charge in [-0.3, -0.25) is 9.36 Å². The number of rotatable bonds is 3. The normalized spacial score (nSPS) is 19.5. The number of aromatic nitrogens is 4. The van der Waals surface area contributed by atoms with Crippen LogP contribution in [-0.2, 0) is 16.4 Å². The molecule has 0 bridgehead atoms. The molecule has 130 valence electrons. The van der Waals surface area contributed by atoms with E-state index in [0.717, 1.165) is 5.56 Å². The summed E-state index contributed by atoms with van der Waals surface area (Å²) in [4.78, 5) is 17.0. The Morgan fingerprint density at radius 2 is 2.16 bits per heavy atom. The van der Waals surface area contributed by atoms with Gasteiger partial charge in [-0.15, -0.1) is 0 Å². The first-order valence-corrected chi connectivity index (χ1v) is 10.0. The summed E-state index contributed by atoms with van der Waals surface area (Å²) in [6, 6.07) is 7.01. The van der Waals surface area contributed by atoms with Crippen molar-refractivity contribution in [2.75, 3.05) is 11.5 Å². The van der Waals surface area contributed by atoms with Crippen molar-refractivity contribution in [1.82, 2.24) is 19.3 Å². The van der Waals surface area contributed by atoms with Crippen LogP contribution in [0.1, 0.15) is 18.0 Å². The van der Waals surface area contributed by atoms with Crippen molar-refractivity contribution < 1.29 is 8.42 Å². The lowest BCUT2D eigenvalue weighted by molar-refractivity contribution is 0.511. The van der Waals surface area contributed by atoms with Crippen molar-refractivity contribution in [3.05, 3.63) is 57.7 Å². The highest BCUT2D eigenvalue weighted by Crippen LogP contribution is 2.25. The molecule has 0 N–H and O–H groups in total. The van der Waals surface area contributed by atoms with E-state index in [1.54, 1.807) is 16.8 Å². The zero-order chi connectivity index (χ0) is 17.6. The summed E-state index contributed by atoms with van der Waals surface area (Å²) in [6.45, 7) is 0.353. The molecule has 1 unspecified atom stereocenters. The molecule has 0 amide bonds. The summed E-state index contributed by atoms with van der Waals surface area (Å²) in [5.41, 5.74) is 1.11. The molecule has 2 aromatic heterocycles. The Kier molecular flexibility index (Phi) is 3.88. The van der Waals surface area contributed by atoms with Gasteiger partial charge in [0.05, 0.1) is 30.3 Å². The minimum Gasteiger partial charge on any atom is -0.294 e. The van der Waals surface area contributed by atoms with Gasteiger partial charge in [0.15, 0.2) is 15.5 Å². The molecule has 0 spiro atoms. The lowest BCUT2D eigenvalue weighted by Gasteiger charge is -2.10. The summed E-state index contributed by atoms with van der Waals surface area (Å²) >= 11 is 5.98. The second kappa shape index (κ2) is 5.96. The van der Waals surface area contributed by atoms with E-state index in [9.17, 15) is 13.2 Å². The molecular weight excluding hydrogens is 364 g/mol. The molecular formula is C16H15ClN4O3S. The molecule has 3 aromatic rings. The zero-order valence-electron chi connectivity index (χ0n) is 13.2. The van der Waals surface area contributed by atoms with E-state index < -0.39 is 9.84 Å². The van der Waals surface area contributed by atoms with E-state index in [1.165, 1.54) is 17.1 Å². The van der Waals surface area contributed by atoms with Gasteiger partial charge in [0.2, 0.25) is 0 Å². The molecule has 1 aliphatic heterocycles. The van der Waals surface area contributed by atoms with Gasteiger partial charge in [0.1, 0.15) is 11.7 Å². The first-order chi connectivity index (χ1) is 11.9. The first kappa shape index (κ1) is 16.3. The third kappa shape index (κ3) is 3.07. The van der Waals surface area contributed by atoms with Gasteiger partial charge in [0, 0.05) is 5.02 Å². The Morgan fingerprint density at radius 3 is 2.88 bits per heavy atom. The number of benzene rings is 1. The maximum atomic E-state index is 12.7. The van der Waals surface area contributed by atoms with Crippen LogP contribution in [0.15, 0.2) is 41.6 Å². The number of hydrogen-bond acceptors (Lipinski definition) is 5. The lowest BCUT2D eigenvalue weighted by atomic mass is 10.2. The number of halogens is 1.